The minimum absolute atomic E-state index is 0.895. The maximum absolute atomic E-state index is 5.28. The molecule has 0 unspecified atom stereocenters. The summed E-state index contributed by atoms with van der Waals surface area (Å²) in [7, 11) is 0. The summed E-state index contributed by atoms with van der Waals surface area (Å²) in [5.41, 5.74) is 13.6. The van der Waals surface area contributed by atoms with E-state index in [0.717, 1.165) is 50.6 Å². The average Bonchev–Trinajstić information content (AvgIpc) is 3.91. The van der Waals surface area contributed by atoms with Gasteiger partial charge in [0.15, 0.2) is 5.65 Å². The fraction of sp³-hybridized carbons (Fsp3) is 0. The first-order valence-electron chi connectivity index (χ1n) is 17.0. The van der Waals surface area contributed by atoms with Gasteiger partial charge in [0.05, 0.1) is 33.3 Å². The van der Waals surface area contributed by atoms with Crippen LogP contribution in [0.4, 0.5) is 0 Å². The Morgan fingerprint density at radius 2 is 0.920 bits per heavy atom. The van der Waals surface area contributed by atoms with Crippen molar-refractivity contribution in [2.24, 2.45) is 0 Å². The third-order valence-electron chi connectivity index (χ3n) is 10.2. The van der Waals surface area contributed by atoms with Crippen LogP contribution in [0.2, 0.25) is 0 Å². The number of hydrogen-bond acceptors (Lipinski definition) is 1. The quantitative estimate of drug-likeness (QED) is 0.189. The molecule has 0 saturated heterocycles. The second-order valence-corrected chi connectivity index (χ2v) is 12.9. The lowest BCUT2D eigenvalue weighted by Gasteiger charge is -2.10. The standard InChI is InChI=1S/C45H29N5/c1-3-13-30(14-4-1)31-23-25-33(26-24-31)47-39-20-10-7-17-35(39)37-29-34(27-28-41(37)47)49-43-36-18-8-11-21-40(36)48(32-15-5-2-6-16-32)44(43)50-42-22-12-9-19-38(42)46-45(49)50/h1-29H. The van der Waals surface area contributed by atoms with Gasteiger partial charge in [0.2, 0.25) is 5.78 Å². The van der Waals surface area contributed by atoms with E-state index in [4.69, 9.17) is 4.98 Å². The van der Waals surface area contributed by atoms with Crippen molar-refractivity contribution in [3.05, 3.63) is 176 Å². The van der Waals surface area contributed by atoms with E-state index in [1.54, 1.807) is 0 Å². The Morgan fingerprint density at radius 3 is 1.70 bits per heavy atom. The minimum Gasteiger partial charge on any atom is -0.309 e. The number of para-hydroxylation sites is 5. The van der Waals surface area contributed by atoms with Gasteiger partial charge in [-0.15, -0.1) is 0 Å². The molecule has 0 radical (unpaired) electrons. The van der Waals surface area contributed by atoms with Gasteiger partial charge in [-0.1, -0.05) is 109 Å². The largest absolute Gasteiger partial charge is 0.309 e. The van der Waals surface area contributed by atoms with Crippen LogP contribution in [-0.4, -0.2) is 23.1 Å². The maximum Gasteiger partial charge on any atom is 0.221 e. The number of rotatable bonds is 4. The zero-order valence-corrected chi connectivity index (χ0v) is 27.0. The molecule has 4 aromatic heterocycles. The summed E-state index contributed by atoms with van der Waals surface area (Å²) in [5.74, 6) is 0.895. The molecule has 50 heavy (non-hydrogen) atoms. The van der Waals surface area contributed by atoms with Gasteiger partial charge in [-0.2, -0.15) is 0 Å². The van der Waals surface area contributed by atoms with Crippen LogP contribution in [0.5, 0.6) is 0 Å². The van der Waals surface area contributed by atoms with E-state index in [2.05, 4.69) is 194 Å². The SMILES string of the molecule is c1ccc(-c2ccc(-n3c4ccccc4c4cc(-n5c6c7ccccc7n(-c7ccccc7)c6n6c7ccccc7nc56)ccc43)cc2)cc1. The van der Waals surface area contributed by atoms with Crippen molar-refractivity contribution < 1.29 is 0 Å². The van der Waals surface area contributed by atoms with E-state index in [0.29, 0.717) is 0 Å². The highest BCUT2D eigenvalue weighted by atomic mass is 15.3. The Bertz CT molecular complexity index is 3070. The Hall–Kier alpha value is -6.85. The Morgan fingerprint density at radius 1 is 0.360 bits per heavy atom. The lowest BCUT2D eigenvalue weighted by Crippen LogP contribution is -1.97. The summed E-state index contributed by atoms with van der Waals surface area (Å²) >= 11 is 0. The van der Waals surface area contributed by atoms with Gasteiger partial charge in [-0.05, 0) is 77.9 Å². The third kappa shape index (κ3) is 3.74. The molecule has 0 spiro atoms. The highest BCUT2D eigenvalue weighted by Crippen LogP contribution is 2.40. The molecule has 0 atom stereocenters. The van der Waals surface area contributed by atoms with E-state index < -0.39 is 0 Å². The lowest BCUT2D eigenvalue weighted by molar-refractivity contribution is 1.09. The number of nitrogens with zero attached hydrogens (tertiary/aromatic N) is 5. The minimum atomic E-state index is 0.895. The van der Waals surface area contributed by atoms with Crippen molar-refractivity contribution in [2.75, 3.05) is 0 Å². The molecule has 5 nitrogen and oxygen atoms in total. The van der Waals surface area contributed by atoms with Crippen LogP contribution in [0.3, 0.4) is 0 Å². The fourth-order valence-corrected chi connectivity index (χ4v) is 8.00. The van der Waals surface area contributed by atoms with Crippen molar-refractivity contribution in [1.29, 1.82) is 0 Å². The topological polar surface area (TPSA) is 32.1 Å². The number of fused-ring (bicyclic) bond motifs is 10. The van der Waals surface area contributed by atoms with Crippen molar-refractivity contribution in [3.63, 3.8) is 0 Å². The zero-order valence-electron chi connectivity index (χ0n) is 27.0. The summed E-state index contributed by atoms with van der Waals surface area (Å²) in [4.78, 5) is 5.28. The van der Waals surface area contributed by atoms with E-state index >= 15 is 0 Å². The van der Waals surface area contributed by atoms with Crippen LogP contribution in [0.15, 0.2) is 176 Å². The van der Waals surface area contributed by atoms with E-state index in [-0.39, 0.29) is 0 Å². The molecule has 0 aliphatic heterocycles. The van der Waals surface area contributed by atoms with Gasteiger partial charge in [0, 0.05) is 27.5 Å². The smallest absolute Gasteiger partial charge is 0.221 e. The summed E-state index contributed by atoms with van der Waals surface area (Å²) < 4.78 is 9.46. The first kappa shape index (κ1) is 27.1. The molecule has 234 valence electrons. The molecule has 11 rings (SSSR count). The third-order valence-corrected chi connectivity index (χ3v) is 10.2. The lowest BCUT2D eigenvalue weighted by atomic mass is 10.1. The van der Waals surface area contributed by atoms with Crippen molar-refractivity contribution in [3.8, 4) is 28.2 Å². The maximum atomic E-state index is 5.28. The predicted octanol–water partition coefficient (Wildman–Crippen LogP) is 11.1. The van der Waals surface area contributed by atoms with E-state index in [9.17, 15) is 0 Å². The fourth-order valence-electron chi connectivity index (χ4n) is 8.00. The molecule has 0 amide bonds. The van der Waals surface area contributed by atoms with Crippen LogP contribution in [-0.2, 0) is 0 Å². The molecule has 0 aliphatic rings. The van der Waals surface area contributed by atoms with E-state index in [1.165, 1.54) is 38.3 Å². The van der Waals surface area contributed by atoms with Gasteiger partial charge in [-0.3, -0.25) is 13.5 Å². The second kappa shape index (κ2) is 10.3. The molecule has 5 heteroatoms. The molecular weight excluding hydrogens is 611 g/mol. The first-order chi connectivity index (χ1) is 24.8. The van der Waals surface area contributed by atoms with Gasteiger partial charge in [-0.25, -0.2) is 4.98 Å². The molecule has 11 aromatic rings. The van der Waals surface area contributed by atoms with Gasteiger partial charge in [0.25, 0.3) is 0 Å². The number of imidazole rings is 2. The molecule has 0 fully saturated rings. The van der Waals surface area contributed by atoms with Crippen LogP contribution in [0, 0.1) is 0 Å². The number of aromatic nitrogens is 5. The molecule has 0 aliphatic carbocycles. The highest BCUT2D eigenvalue weighted by Gasteiger charge is 2.25. The second-order valence-electron chi connectivity index (χ2n) is 12.9. The highest BCUT2D eigenvalue weighted by molar-refractivity contribution is 6.12. The summed E-state index contributed by atoms with van der Waals surface area (Å²) in [5, 5.41) is 3.60. The predicted molar refractivity (Wildman–Crippen MR) is 206 cm³/mol. The van der Waals surface area contributed by atoms with Gasteiger partial charge in [0.1, 0.15) is 5.52 Å². The van der Waals surface area contributed by atoms with E-state index in [1.807, 2.05) is 0 Å². The monoisotopic (exact) mass is 639 g/mol. The molecule has 4 heterocycles. The van der Waals surface area contributed by atoms with Crippen LogP contribution < -0.4 is 0 Å². The Labute approximate surface area is 287 Å². The first-order valence-corrected chi connectivity index (χ1v) is 17.0. The molecule has 0 saturated carbocycles. The number of hydrogen-bond donors (Lipinski definition) is 0. The van der Waals surface area contributed by atoms with Crippen LogP contribution in [0.1, 0.15) is 0 Å². The summed E-state index contributed by atoms with van der Waals surface area (Å²) in [6, 6.07) is 62.9. The molecule has 7 aromatic carbocycles. The molecular formula is C45H29N5. The number of benzene rings is 7. The van der Waals surface area contributed by atoms with Crippen molar-refractivity contribution >= 4 is 60.7 Å². The van der Waals surface area contributed by atoms with Gasteiger partial charge < -0.3 is 4.57 Å². The molecule has 0 bridgehead atoms. The summed E-state index contributed by atoms with van der Waals surface area (Å²) in [6.45, 7) is 0. The van der Waals surface area contributed by atoms with Crippen LogP contribution in [0.25, 0.3) is 88.9 Å². The summed E-state index contributed by atoms with van der Waals surface area (Å²) in [6.07, 6.45) is 0. The average molecular weight is 640 g/mol. The van der Waals surface area contributed by atoms with Crippen molar-refractivity contribution in [2.45, 2.75) is 0 Å². The van der Waals surface area contributed by atoms with Crippen LogP contribution >= 0.6 is 0 Å². The zero-order chi connectivity index (χ0) is 32.8. The normalized spacial score (nSPS) is 12.0. The Balaban J connectivity index is 1.21. The molecule has 0 N–H and O–H groups in total. The van der Waals surface area contributed by atoms with Gasteiger partial charge >= 0.3 is 0 Å². The Kier molecular flexibility index (Phi) is 5.60. The van der Waals surface area contributed by atoms with Crippen molar-refractivity contribution in [1.82, 2.24) is 23.1 Å².